The van der Waals surface area contributed by atoms with Gasteiger partial charge in [0.2, 0.25) is 12.4 Å². The molecule has 0 aliphatic carbocycles. The molecule has 9 heteroatoms. The lowest BCUT2D eigenvalue weighted by molar-refractivity contribution is -0.108. The quantitative estimate of drug-likeness (QED) is 0.207. The molecule has 6 N–H and O–H groups in total. The summed E-state index contributed by atoms with van der Waals surface area (Å²) in [5.41, 5.74) is 5.16. The zero-order valence-electron chi connectivity index (χ0n) is 8.87. The van der Waals surface area contributed by atoms with Crippen molar-refractivity contribution in [3.63, 3.8) is 0 Å². The Kier molecular flexibility index (Phi) is 4.82. The van der Waals surface area contributed by atoms with Crippen LogP contribution in [0.1, 0.15) is 6.42 Å². The zero-order valence-corrected chi connectivity index (χ0v) is 8.87. The Morgan fingerprint density at radius 2 is 2.35 bits per heavy atom. The average Bonchev–Trinajstić information content (AvgIpc) is 2.58. The molecule has 0 spiro atoms. The Bertz CT molecular complexity index is 321. The molecule has 1 aliphatic heterocycles. The molecule has 1 fully saturated rings. The van der Waals surface area contributed by atoms with E-state index in [4.69, 9.17) is 15.6 Å². The minimum atomic E-state index is -0.847. The fourth-order valence-electron chi connectivity index (χ4n) is 1.36. The van der Waals surface area contributed by atoms with E-state index >= 15 is 0 Å². The number of amides is 3. The topological polar surface area (TPSA) is 146 Å². The second-order valence-corrected chi connectivity index (χ2v) is 3.36. The van der Waals surface area contributed by atoms with E-state index in [1.165, 1.54) is 0 Å². The lowest BCUT2D eigenvalue weighted by Gasteiger charge is -2.12. The van der Waals surface area contributed by atoms with E-state index < -0.39 is 24.5 Å². The summed E-state index contributed by atoms with van der Waals surface area (Å²) in [5.74, 6) is -0.352. The first kappa shape index (κ1) is 13.4. The third-order valence-corrected chi connectivity index (χ3v) is 2.12. The number of guanidine groups is 1. The van der Waals surface area contributed by atoms with Gasteiger partial charge < -0.3 is 26.0 Å². The van der Waals surface area contributed by atoms with Crippen molar-refractivity contribution in [2.75, 3.05) is 6.61 Å². The van der Waals surface area contributed by atoms with Crippen LogP contribution >= 0.6 is 0 Å². The number of carbonyl (C=O) groups excluding carboxylic acids is 2. The number of carbonyl (C=O) groups is 2. The van der Waals surface area contributed by atoms with Gasteiger partial charge in [0.05, 0.1) is 12.7 Å². The third-order valence-electron chi connectivity index (χ3n) is 2.12. The summed E-state index contributed by atoms with van der Waals surface area (Å²) in [5, 5.41) is 22.5. The van der Waals surface area contributed by atoms with E-state index in [9.17, 15) is 14.7 Å². The highest BCUT2D eigenvalue weighted by Gasteiger charge is 2.34. The molecule has 0 aromatic carbocycles. The van der Waals surface area contributed by atoms with Gasteiger partial charge in [0.1, 0.15) is 12.3 Å². The number of nitrogens with zero attached hydrogens (tertiary/aromatic N) is 1. The van der Waals surface area contributed by atoms with E-state index in [-0.39, 0.29) is 25.4 Å². The Labute approximate surface area is 96.6 Å². The summed E-state index contributed by atoms with van der Waals surface area (Å²) < 4.78 is 5.10. The van der Waals surface area contributed by atoms with Crippen molar-refractivity contribution in [3.05, 3.63) is 0 Å². The number of rotatable bonds is 3. The first-order chi connectivity index (χ1) is 8.06. The van der Waals surface area contributed by atoms with Crippen LogP contribution in [-0.2, 0) is 9.53 Å². The van der Waals surface area contributed by atoms with Crippen molar-refractivity contribution in [2.45, 2.75) is 24.9 Å². The van der Waals surface area contributed by atoms with Gasteiger partial charge >= 0.3 is 6.03 Å². The van der Waals surface area contributed by atoms with Gasteiger partial charge in [-0.1, -0.05) is 0 Å². The van der Waals surface area contributed by atoms with Gasteiger partial charge in [-0.15, -0.1) is 0 Å². The summed E-state index contributed by atoms with van der Waals surface area (Å²) in [6.45, 7) is -0.342. The van der Waals surface area contributed by atoms with Gasteiger partial charge in [-0.3, -0.25) is 10.1 Å². The maximum atomic E-state index is 11.2. The van der Waals surface area contributed by atoms with E-state index in [0.717, 1.165) is 0 Å². The molecule has 17 heavy (non-hydrogen) atoms. The van der Waals surface area contributed by atoms with Crippen LogP contribution in [0.5, 0.6) is 0 Å². The average molecular weight is 246 g/mol. The van der Waals surface area contributed by atoms with Crippen molar-refractivity contribution >= 4 is 18.4 Å². The van der Waals surface area contributed by atoms with Crippen LogP contribution in [0.4, 0.5) is 4.79 Å². The third kappa shape index (κ3) is 3.98. The van der Waals surface area contributed by atoms with E-state index in [1.807, 2.05) is 5.32 Å². The molecule has 9 nitrogen and oxygen atoms in total. The molecule has 1 heterocycles. The van der Waals surface area contributed by atoms with Crippen LogP contribution in [0.15, 0.2) is 4.99 Å². The minimum absolute atomic E-state index is 0.146. The first-order valence-electron chi connectivity index (χ1n) is 4.86. The Hall–Kier alpha value is -1.71. The molecular formula is C8H14N4O5. The first-order valence-corrected chi connectivity index (χ1v) is 4.86. The van der Waals surface area contributed by atoms with Gasteiger partial charge in [-0.25, -0.2) is 4.79 Å². The molecule has 1 aliphatic rings. The van der Waals surface area contributed by atoms with Crippen LogP contribution in [0.2, 0.25) is 0 Å². The predicted molar refractivity (Wildman–Crippen MR) is 55.7 cm³/mol. The molecular weight excluding hydrogens is 232 g/mol. The number of aliphatic imine (C=N–C) groups is 1. The van der Waals surface area contributed by atoms with Crippen molar-refractivity contribution in [2.24, 2.45) is 10.7 Å². The number of nitrogens with two attached hydrogens (primary N) is 1. The smallest absolute Gasteiger partial charge is 0.346 e. The molecule has 0 aromatic heterocycles. The fourth-order valence-corrected chi connectivity index (χ4v) is 1.36. The number of aliphatic hydroxyl groups is 2. The molecule has 1 rings (SSSR count). The monoisotopic (exact) mass is 246 g/mol. The standard InChI is InChI=1S/C8H14N4O5/c9-7(10-3-14)12-8(16)11-6-1-4(15)5(2-13)17-6/h3-6,13,15H,1-2H2,(H4,9,10,11,12,14,16)/t4-,5-,6-/m1/s1. The maximum absolute atomic E-state index is 11.2. The van der Waals surface area contributed by atoms with E-state index in [1.54, 1.807) is 0 Å². The number of urea groups is 1. The van der Waals surface area contributed by atoms with Crippen LogP contribution in [0.3, 0.4) is 0 Å². The van der Waals surface area contributed by atoms with Crippen molar-refractivity contribution < 1.29 is 24.5 Å². The number of aliphatic hydroxyl groups excluding tert-OH is 2. The van der Waals surface area contributed by atoms with Crippen LogP contribution in [-0.4, -0.2) is 53.7 Å². The maximum Gasteiger partial charge on any atom is 0.346 e. The lowest BCUT2D eigenvalue weighted by atomic mass is 10.2. The predicted octanol–water partition coefficient (Wildman–Crippen LogP) is -2.78. The Morgan fingerprint density at radius 3 is 2.88 bits per heavy atom. The second kappa shape index (κ2) is 6.13. The highest BCUT2D eigenvalue weighted by molar-refractivity contribution is 5.95. The summed E-state index contributed by atoms with van der Waals surface area (Å²) in [6, 6.07) is -0.812. The molecule has 0 bridgehead atoms. The normalized spacial score (nSPS) is 28.8. The van der Waals surface area contributed by atoms with E-state index in [2.05, 4.69) is 10.3 Å². The zero-order chi connectivity index (χ0) is 12.8. The molecule has 3 atom stereocenters. The highest BCUT2D eigenvalue weighted by atomic mass is 16.5. The molecule has 96 valence electrons. The molecule has 1 saturated heterocycles. The van der Waals surface area contributed by atoms with Crippen molar-refractivity contribution in [1.82, 2.24) is 10.6 Å². The van der Waals surface area contributed by atoms with Gasteiger partial charge in [-0.05, 0) is 0 Å². The Morgan fingerprint density at radius 1 is 1.65 bits per heavy atom. The second-order valence-electron chi connectivity index (χ2n) is 3.36. The number of hydrogen-bond donors (Lipinski definition) is 5. The number of nitrogens with one attached hydrogen (secondary N) is 2. The molecule has 0 aromatic rings. The number of hydrogen-bond acceptors (Lipinski definition) is 5. The fraction of sp³-hybridized carbons (Fsp3) is 0.625. The van der Waals surface area contributed by atoms with Crippen molar-refractivity contribution in [3.8, 4) is 0 Å². The van der Waals surface area contributed by atoms with Crippen molar-refractivity contribution in [1.29, 1.82) is 0 Å². The summed E-state index contributed by atoms with van der Waals surface area (Å²) in [4.78, 5) is 24.5. The lowest BCUT2D eigenvalue weighted by Crippen LogP contribution is -2.37. The summed E-state index contributed by atoms with van der Waals surface area (Å²) >= 11 is 0. The molecule has 0 radical (unpaired) electrons. The SMILES string of the molecule is N/C(=N/C(=O)N[C@H]1C[C@@H](O)[C@@H](CO)O1)NC=O. The van der Waals surface area contributed by atoms with Gasteiger partial charge in [0.25, 0.3) is 0 Å². The molecule has 0 unspecified atom stereocenters. The molecule has 0 saturated carbocycles. The summed E-state index contributed by atoms with van der Waals surface area (Å²) in [7, 11) is 0. The summed E-state index contributed by atoms with van der Waals surface area (Å²) in [6.07, 6.45) is -1.89. The van der Waals surface area contributed by atoms with Crippen LogP contribution < -0.4 is 16.4 Å². The largest absolute Gasteiger partial charge is 0.394 e. The van der Waals surface area contributed by atoms with E-state index in [0.29, 0.717) is 0 Å². The Balaban J connectivity index is 2.43. The molecule has 3 amide bonds. The van der Waals surface area contributed by atoms with Gasteiger partial charge in [0, 0.05) is 6.42 Å². The number of ether oxygens (including phenoxy) is 1. The van der Waals surface area contributed by atoms with Crippen LogP contribution in [0.25, 0.3) is 0 Å². The van der Waals surface area contributed by atoms with Gasteiger partial charge in [-0.2, -0.15) is 4.99 Å². The van der Waals surface area contributed by atoms with Crippen LogP contribution in [0, 0.1) is 0 Å². The highest BCUT2D eigenvalue weighted by Crippen LogP contribution is 2.18. The minimum Gasteiger partial charge on any atom is -0.394 e. The van der Waals surface area contributed by atoms with Gasteiger partial charge in [0.15, 0.2) is 0 Å².